The molecule has 19 heavy (non-hydrogen) atoms. The molecule has 0 radical (unpaired) electrons. The number of likely N-dealkylation sites (N-methyl/N-ethyl adjacent to an activating group) is 1. The van der Waals surface area contributed by atoms with Crippen molar-refractivity contribution < 1.29 is 19.1 Å². The van der Waals surface area contributed by atoms with Crippen molar-refractivity contribution in [1.82, 2.24) is 4.90 Å². The minimum atomic E-state index is -0.464. The van der Waals surface area contributed by atoms with E-state index in [1.165, 1.54) is 26.2 Å². The van der Waals surface area contributed by atoms with Crippen LogP contribution in [0.25, 0.3) is 0 Å². The van der Waals surface area contributed by atoms with Crippen LogP contribution in [0.5, 0.6) is 5.75 Å². The fraction of sp³-hybridized carbons (Fsp3) is 0.385. The summed E-state index contributed by atoms with van der Waals surface area (Å²) < 4.78 is 9.67. The summed E-state index contributed by atoms with van der Waals surface area (Å²) >= 11 is 5.89. The van der Waals surface area contributed by atoms with Crippen LogP contribution in [0.15, 0.2) is 18.2 Å². The molecule has 0 aliphatic heterocycles. The number of halogens is 1. The summed E-state index contributed by atoms with van der Waals surface area (Å²) in [4.78, 5) is 24.4. The SMILES string of the molecule is COC(=O)CN(C)C(=O)Cc1cc(Cl)ccc1OC. The number of benzene rings is 1. The number of carbonyl (C=O) groups is 2. The molecule has 0 aromatic heterocycles. The van der Waals surface area contributed by atoms with Crippen LogP contribution in [0.1, 0.15) is 5.56 Å². The van der Waals surface area contributed by atoms with Gasteiger partial charge in [0.05, 0.1) is 20.6 Å². The number of methoxy groups -OCH3 is 2. The van der Waals surface area contributed by atoms with Crippen LogP contribution in [-0.4, -0.2) is 44.6 Å². The lowest BCUT2D eigenvalue weighted by atomic mass is 10.1. The summed E-state index contributed by atoms with van der Waals surface area (Å²) in [7, 11) is 4.34. The predicted molar refractivity (Wildman–Crippen MR) is 71.4 cm³/mol. The van der Waals surface area contributed by atoms with E-state index in [0.717, 1.165) is 0 Å². The lowest BCUT2D eigenvalue weighted by Crippen LogP contribution is -2.33. The standard InChI is InChI=1S/C13H16ClNO4/c1-15(8-13(17)19-3)12(16)7-9-6-10(14)4-5-11(9)18-2/h4-6H,7-8H2,1-3H3. The Balaban J connectivity index is 2.76. The maximum atomic E-state index is 12.0. The minimum Gasteiger partial charge on any atom is -0.496 e. The first-order valence-corrected chi connectivity index (χ1v) is 5.99. The topological polar surface area (TPSA) is 55.8 Å². The number of carbonyl (C=O) groups excluding carboxylic acids is 2. The van der Waals surface area contributed by atoms with E-state index in [1.54, 1.807) is 18.2 Å². The van der Waals surface area contributed by atoms with Gasteiger partial charge < -0.3 is 14.4 Å². The Kier molecular flexibility index (Phi) is 5.63. The number of hydrogen-bond donors (Lipinski definition) is 0. The van der Waals surface area contributed by atoms with Crippen LogP contribution >= 0.6 is 11.6 Å². The fourth-order valence-electron chi connectivity index (χ4n) is 1.53. The molecule has 0 fully saturated rings. The molecule has 0 aliphatic rings. The Hall–Kier alpha value is -1.75. The van der Waals surface area contributed by atoms with E-state index >= 15 is 0 Å². The summed E-state index contributed by atoms with van der Waals surface area (Å²) in [5, 5.41) is 0.527. The second kappa shape index (κ2) is 6.99. The van der Waals surface area contributed by atoms with Crippen LogP contribution in [0.3, 0.4) is 0 Å². The first-order chi connectivity index (χ1) is 8.97. The molecule has 0 spiro atoms. The van der Waals surface area contributed by atoms with Gasteiger partial charge in [-0.25, -0.2) is 0 Å². The van der Waals surface area contributed by atoms with Gasteiger partial charge in [-0.05, 0) is 18.2 Å². The molecule has 0 saturated heterocycles. The number of esters is 1. The van der Waals surface area contributed by atoms with Gasteiger partial charge >= 0.3 is 5.97 Å². The highest BCUT2D eigenvalue weighted by molar-refractivity contribution is 6.30. The molecule has 0 heterocycles. The summed E-state index contributed by atoms with van der Waals surface area (Å²) in [5.41, 5.74) is 0.678. The van der Waals surface area contributed by atoms with Crippen molar-refractivity contribution in [2.24, 2.45) is 0 Å². The quantitative estimate of drug-likeness (QED) is 0.770. The molecular formula is C13H16ClNO4. The molecule has 0 atom stereocenters. The van der Waals surface area contributed by atoms with Crippen LogP contribution in [0.4, 0.5) is 0 Å². The van der Waals surface area contributed by atoms with Gasteiger partial charge in [0.2, 0.25) is 5.91 Å². The highest BCUT2D eigenvalue weighted by atomic mass is 35.5. The van der Waals surface area contributed by atoms with E-state index in [2.05, 4.69) is 4.74 Å². The molecule has 0 aliphatic carbocycles. The molecule has 5 nitrogen and oxygen atoms in total. The Morgan fingerprint density at radius 2 is 2.00 bits per heavy atom. The average molecular weight is 286 g/mol. The van der Waals surface area contributed by atoms with Gasteiger partial charge in [0.1, 0.15) is 12.3 Å². The van der Waals surface area contributed by atoms with Crippen molar-refractivity contribution in [2.75, 3.05) is 27.8 Å². The van der Waals surface area contributed by atoms with Crippen molar-refractivity contribution in [3.8, 4) is 5.75 Å². The molecule has 1 aromatic carbocycles. The molecule has 6 heteroatoms. The highest BCUT2D eigenvalue weighted by Crippen LogP contribution is 2.23. The van der Waals surface area contributed by atoms with Gasteiger partial charge in [-0.1, -0.05) is 11.6 Å². The van der Waals surface area contributed by atoms with Crippen molar-refractivity contribution in [3.05, 3.63) is 28.8 Å². The maximum Gasteiger partial charge on any atom is 0.325 e. The minimum absolute atomic E-state index is 0.0851. The Morgan fingerprint density at radius 3 is 2.58 bits per heavy atom. The van der Waals surface area contributed by atoms with Gasteiger partial charge in [-0.2, -0.15) is 0 Å². The Morgan fingerprint density at radius 1 is 1.32 bits per heavy atom. The van der Waals surface area contributed by atoms with Crippen LogP contribution in [-0.2, 0) is 20.7 Å². The molecule has 1 aromatic rings. The summed E-state index contributed by atoms with van der Waals surface area (Å²) in [6.07, 6.45) is 0.108. The zero-order chi connectivity index (χ0) is 14.4. The lowest BCUT2D eigenvalue weighted by molar-refractivity contribution is -0.145. The first-order valence-electron chi connectivity index (χ1n) is 5.61. The first kappa shape index (κ1) is 15.3. The van der Waals surface area contributed by atoms with Gasteiger partial charge in [-0.15, -0.1) is 0 Å². The number of ether oxygens (including phenoxy) is 2. The second-order valence-electron chi connectivity index (χ2n) is 3.96. The third-order valence-electron chi connectivity index (χ3n) is 2.60. The molecule has 1 rings (SSSR count). The zero-order valence-electron chi connectivity index (χ0n) is 11.1. The summed E-state index contributed by atoms with van der Waals surface area (Å²) in [6.45, 7) is -0.0851. The van der Waals surface area contributed by atoms with E-state index in [1.807, 2.05) is 0 Å². The predicted octanol–water partition coefficient (Wildman–Crippen LogP) is 1.52. The van der Waals surface area contributed by atoms with Gasteiger partial charge in [0.15, 0.2) is 0 Å². The molecule has 0 saturated carbocycles. The third kappa shape index (κ3) is 4.44. The van der Waals surface area contributed by atoms with Crippen LogP contribution < -0.4 is 4.74 Å². The number of nitrogens with zero attached hydrogens (tertiary/aromatic N) is 1. The van der Waals surface area contributed by atoms with Gasteiger partial charge in [0.25, 0.3) is 0 Å². The van der Waals surface area contributed by atoms with E-state index in [4.69, 9.17) is 16.3 Å². The average Bonchev–Trinajstić information content (AvgIpc) is 2.38. The van der Waals surface area contributed by atoms with Gasteiger partial charge in [-0.3, -0.25) is 9.59 Å². The molecule has 104 valence electrons. The number of amides is 1. The van der Waals surface area contributed by atoms with E-state index < -0.39 is 5.97 Å². The smallest absolute Gasteiger partial charge is 0.325 e. The monoisotopic (exact) mass is 285 g/mol. The second-order valence-corrected chi connectivity index (χ2v) is 4.40. The summed E-state index contributed by atoms with van der Waals surface area (Å²) in [5.74, 6) is -0.0934. The fourth-order valence-corrected chi connectivity index (χ4v) is 1.72. The molecular weight excluding hydrogens is 270 g/mol. The molecule has 0 N–H and O–H groups in total. The lowest BCUT2D eigenvalue weighted by Gasteiger charge is -2.16. The van der Waals surface area contributed by atoms with E-state index in [9.17, 15) is 9.59 Å². The molecule has 0 bridgehead atoms. The van der Waals surface area contributed by atoms with Crippen molar-refractivity contribution in [2.45, 2.75) is 6.42 Å². The normalized spacial score (nSPS) is 9.89. The van der Waals surface area contributed by atoms with Gasteiger partial charge in [0, 0.05) is 17.6 Å². The van der Waals surface area contributed by atoms with E-state index in [-0.39, 0.29) is 18.9 Å². The Bertz CT molecular complexity index is 476. The van der Waals surface area contributed by atoms with Crippen molar-refractivity contribution in [3.63, 3.8) is 0 Å². The molecule has 0 unspecified atom stereocenters. The van der Waals surface area contributed by atoms with E-state index in [0.29, 0.717) is 16.3 Å². The third-order valence-corrected chi connectivity index (χ3v) is 2.84. The van der Waals surface area contributed by atoms with Crippen LogP contribution in [0, 0.1) is 0 Å². The highest BCUT2D eigenvalue weighted by Gasteiger charge is 2.16. The zero-order valence-corrected chi connectivity index (χ0v) is 11.9. The number of rotatable bonds is 5. The molecule has 1 amide bonds. The maximum absolute atomic E-state index is 12.0. The number of hydrogen-bond acceptors (Lipinski definition) is 4. The largest absolute Gasteiger partial charge is 0.496 e. The van der Waals surface area contributed by atoms with Crippen LogP contribution in [0.2, 0.25) is 5.02 Å². The summed E-state index contributed by atoms with van der Waals surface area (Å²) in [6, 6.07) is 5.06. The van der Waals surface area contributed by atoms with Crippen molar-refractivity contribution in [1.29, 1.82) is 0 Å². The Labute approximate surface area is 117 Å². The van der Waals surface area contributed by atoms with Crippen molar-refractivity contribution >= 4 is 23.5 Å².